The van der Waals surface area contributed by atoms with E-state index in [-0.39, 0.29) is 12.3 Å². The molecule has 0 aliphatic carbocycles. The van der Waals surface area contributed by atoms with Gasteiger partial charge in [-0.15, -0.1) is 11.3 Å². The first-order valence-electron chi connectivity index (χ1n) is 7.95. The molecular weight excluding hydrogens is 350 g/mol. The number of rotatable bonds is 6. The lowest BCUT2D eigenvalue weighted by Gasteiger charge is -2.01. The summed E-state index contributed by atoms with van der Waals surface area (Å²) < 4.78 is 0. The number of imidazole rings is 1. The molecule has 0 saturated carbocycles. The van der Waals surface area contributed by atoms with Crippen molar-refractivity contribution in [3.8, 4) is 0 Å². The summed E-state index contributed by atoms with van der Waals surface area (Å²) in [6.45, 7) is 0.348. The van der Waals surface area contributed by atoms with Gasteiger partial charge in [-0.2, -0.15) is 0 Å². The molecule has 0 bridgehead atoms. The second-order valence-electron chi connectivity index (χ2n) is 5.50. The fourth-order valence-corrected chi connectivity index (χ4v) is 3.11. The van der Waals surface area contributed by atoms with Crippen LogP contribution in [0, 0.1) is 0 Å². The van der Waals surface area contributed by atoms with Gasteiger partial charge in [0.1, 0.15) is 5.82 Å². The van der Waals surface area contributed by atoms with Gasteiger partial charge in [0.25, 0.3) is 0 Å². The van der Waals surface area contributed by atoms with Gasteiger partial charge in [0, 0.05) is 17.8 Å². The van der Waals surface area contributed by atoms with E-state index >= 15 is 0 Å². The van der Waals surface area contributed by atoms with E-state index in [1.54, 1.807) is 18.5 Å². The predicted octanol–water partition coefficient (Wildman–Crippen LogP) is 2.41. The average Bonchev–Trinajstić information content (AvgIpc) is 3.27. The molecule has 3 heterocycles. The Morgan fingerprint density at radius 3 is 2.81 bits per heavy atom. The maximum atomic E-state index is 12.1. The van der Waals surface area contributed by atoms with Gasteiger partial charge in [-0.1, -0.05) is 12.1 Å². The Morgan fingerprint density at radius 1 is 1.12 bits per heavy atom. The molecule has 130 valence electrons. The Kier molecular flexibility index (Phi) is 4.52. The van der Waals surface area contributed by atoms with E-state index in [1.165, 1.54) is 11.3 Å². The summed E-state index contributed by atoms with van der Waals surface area (Å²) in [5, 5.41) is 8.35. The summed E-state index contributed by atoms with van der Waals surface area (Å²) in [7, 11) is 0. The van der Waals surface area contributed by atoms with Crippen LogP contribution in [0.4, 0.5) is 11.1 Å². The van der Waals surface area contributed by atoms with Crippen LogP contribution < -0.4 is 10.6 Å². The molecule has 3 N–H and O–H groups in total. The van der Waals surface area contributed by atoms with Gasteiger partial charge in [-0.3, -0.25) is 4.79 Å². The van der Waals surface area contributed by atoms with E-state index in [0.29, 0.717) is 23.3 Å². The minimum atomic E-state index is -0.113. The Morgan fingerprint density at radius 2 is 1.96 bits per heavy atom. The molecule has 0 radical (unpaired) electrons. The van der Waals surface area contributed by atoms with Crippen molar-refractivity contribution in [2.45, 2.75) is 13.0 Å². The SMILES string of the molecule is O=C(Cc1csc(Nc2ncccn2)n1)NCc1nc2ccccc2[nH]1. The monoisotopic (exact) mass is 365 g/mol. The number of hydrogen-bond acceptors (Lipinski definition) is 7. The zero-order valence-corrected chi connectivity index (χ0v) is 14.5. The zero-order chi connectivity index (χ0) is 17.8. The number of hydrogen-bond donors (Lipinski definition) is 3. The number of nitrogens with one attached hydrogen (secondary N) is 3. The second-order valence-corrected chi connectivity index (χ2v) is 6.35. The molecule has 0 fully saturated rings. The Labute approximate surface area is 152 Å². The standard InChI is InChI=1S/C17H15N7OS/c25-15(20-9-14-22-12-4-1-2-5-13(12)23-14)8-11-10-26-17(21-11)24-16-18-6-3-7-19-16/h1-7,10H,8-9H2,(H,20,25)(H,22,23)(H,18,19,21,24). The molecule has 1 amide bonds. The number of aromatic nitrogens is 5. The van der Waals surface area contributed by atoms with Crippen LogP contribution in [-0.2, 0) is 17.8 Å². The summed E-state index contributed by atoms with van der Waals surface area (Å²) in [5.41, 5.74) is 2.53. The van der Waals surface area contributed by atoms with Crippen molar-refractivity contribution in [2.75, 3.05) is 5.32 Å². The Balaban J connectivity index is 1.32. The number of para-hydroxylation sites is 2. The van der Waals surface area contributed by atoms with E-state index < -0.39 is 0 Å². The normalized spacial score (nSPS) is 10.8. The number of anilines is 2. The molecule has 4 rings (SSSR count). The van der Waals surface area contributed by atoms with Gasteiger partial charge in [0.15, 0.2) is 5.13 Å². The van der Waals surface area contributed by atoms with Crippen molar-refractivity contribution in [1.29, 1.82) is 0 Å². The lowest BCUT2D eigenvalue weighted by Crippen LogP contribution is -2.25. The van der Waals surface area contributed by atoms with E-state index in [2.05, 4.69) is 35.6 Å². The number of nitrogens with zero attached hydrogens (tertiary/aromatic N) is 4. The molecule has 0 aliphatic rings. The molecule has 8 nitrogen and oxygen atoms in total. The molecule has 0 spiro atoms. The average molecular weight is 365 g/mol. The minimum absolute atomic E-state index is 0.113. The van der Waals surface area contributed by atoms with Crippen molar-refractivity contribution in [3.63, 3.8) is 0 Å². The van der Waals surface area contributed by atoms with Gasteiger partial charge < -0.3 is 15.6 Å². The van der Waals surface area contributed by atoms with E-state index in [0.717, 1.165) is 16.9 Å². The fraction of sp³-hybridized carbons (Fsp3) is 0.118. The van der Waals surface area contributed by atoms with E-state index in [1.807, 2.05) is 29.6 Å². The van der Waals surface area contributed by atoms with Crippen LogP contribution in [-0.4, -0.2) is 30.8 Å². The van der Waals surface area contributed by atoms with Crippen LogP contribution in [0.3, 0.4) is 0 Å². The van der Waals surface area contributed by atoms with Gasteiger partial charge in [-0.25, -0.2) is 19.9 Å². The van der Waals surface area contributed by atoms with Crippen molar-refractivity contribution in [2.24, 2.45) is 0 Å². The molecule has 1 aromatic carbocycles. The number of carbonyl (C=O) groups is 1. The summed E-state index contributed by atoms with van der Waals surface area (Å²) >= 11 is 1.40. The highest BCUT2D eigenvalue weighted by Gasteiger charge is 2.09. The Hall–Kier alpha value is -3.33. The first-order chi connectivity index (χ1) is 12.8. The quantitative estimate of drug-likeness (QED) is 0.484. The molecule has 26 heavy (non-hydrogen) atoms. The van der Waals surface area contributed by atoms with Gasteiger partial charge in [0.05, 0.1) is 29.7 Å². The second kappa shape index (κ2) is 7.28. The third-order valence-corrected chi connectivity index (χ3v) is 4.38. The molecule has 0 aliphatic heterocycles. The molecule has 9 heteroatoms. The van der Waals surface area contributed by atoms with Crippen LogP contribution in [0.25, 0.3) is 11.0 Å². The summed E-state index contributed by atoms with van der Waals surface area (Å²) in [6.07, 6.45) is 3.50. The van der Waals surface area contributed by atoms with E-state index in [4.69, 9.17) is 0 Å². The highest BCUT2D eigenvalue weighted by molar-refractivity contribution is 7.13. The maximum Gasteiger partial charge on any atom is 0.228 e. The number of H-pyrrole nitrogens is 1. The third kappa shape index (κ3) is 3.83. The number of aromatic amines is 1. The lowest BCUT2D eigenvalue weighted by molar-refractivity contribution is -0.120. The molecule has 0 unspecified atom stereocenters. The van der Waals surface area contributed by atoms with Crippen LogP contribution in [0.1, 0.15) is 11.5 Å². The molecule has 3 aromatic heterocycles. The van der Waals surface area contributed by atoms with Gasteiger partial charge >= 0.3 is 0 Å². The van der Waals surface area contributed by atoms with Gasteiger partial charge in [0.2, 0.25) is 11.9 Å². The van der Waals surface area contributed by atoms with Crippen LogP contribution >= 0.6 is 11.3 Å². The number of fused-ring (bicyclic) bond motifs is 1. The highest BCUT2D eigenvalue weighted by Crippen LogP contribution is 2.18. The number of benzene rings is 1. The van der Waals surface area contributed by atoms with E-state index in [9.17, 15) is 4.79 Å². The van der Waals surface area contributed by atoms with Crippen LogP contribution in [0.2, 0.25) is 0 Å². The topological polar surface area (TPSA) is 108 Å². The smallest absolute Gasteiger partial charge is 0.228 e. The molecule has 4 aromatic rings. The summed E-state index contributed by atoms with van der Waals surface area (Å²) in [6, 6.07) is 9.49. The predicted molar refractivity (Wildman–Crippen MR) is 99.1 cm³/mol. The van der Waals surface area contributed by atoms with Gasteiger partial charge in [-0.05, 0) is 18.2 Å². The Bertz CT molecular complexity index is 995. The number of thiazole rings is 1. The van der Waals surface area contributed by atoms with Crippen molar-refractivity contribution >= 4 is 39.4 Å². The molecule has 0 saturated heterocycles. The molecular formula is C17H15N7OS. The summed E-state index contributed by atoms with van der Waals surface area (Å²) in [5.74, 6) is 1.09. The maximum absolute atomic E-state index is 12.1. The third-order valence-electron chi connectivity index (χ3n) is 3.57. The lowest BCUT2D eigenvalue weighted by atomic mass is 10.3. The number of carbonyl (C=O) groups excluding carboxylic acids is 1. The minimum Gasteiger partial charge on any atom is -0.349 e. The van der Waals surface area contributed by atoms with Crippen LogP contribution in [0.5, 0.6) is 0 Å². The van der Waals surface area contributed by atoms with Crippen LogP contribution in [0.15, 0.2) is 48.1 Å². The first-order valence-corrected chi connectivity index (χ1v) is 8.83. The fourth-order valence-electron chi connectivity index (χ4n) is 2.40. The highest BCUT2D eigenvalue weighted by atomic mass is 32.1. The zero-order valence-electron chi connectivity index (χ0n) is 13.6. The largest absolute Gasteiger partial charge is 0.349 e. The van der Waals surface area contributed by atoms with Crippen molar-refractivity contribution in [3.05, 3.63) is 59.6 Å². The van der Waals surface area contributed by atoms with Crippen molar-refractivity contribution < 1.29 is 4.79 Å². The first kappa shape index (κ1) is 16.2. The summed E-state index contributed by atoms with van der Waals surface area (Å²) in [4.78, 5) is 32.3. The molecule has 0 atom stereocenters. The number of amides is 1. The van der Waals surface area contributed by atoms with Crippen molar-refractivity contribution in [1.82, 2.24) is 30.2 Å².